The van der Waals surface area contributed by atoms with Crippen LogP contribution in [-0.4, -0.2) is 47.8 Å². The van der Waals surface area contributed by atoms with Gasteiger partial charge in [-0.2, -0.15) is 0 Å². The first-order chi connectivity index (χ1) is 15.1. The topological polar surface area (TPSA) is 81.7 Å². The van der Waals surface area contributed by atoms with Crippen molar-refractivity contribution in [2.45, 2.75) is 12.3 Å². The summed E-state index contributed by atoms with van der Waals surface area (Å²) in [6, 6.07) is 5.75. The number of fused-ring (bicyclic) bond motifs is 2. The molecule has 0 saturated heterocycles. The van der Waals surface area contributed by atoms with E-state index in [1.165, 1.54) is 0 Å². The zero-order valence-electron chi connectivity index (χ0n) is 17.7. The molecular formula is C23H22O8. The molecule has 162 valence electrons. The second-order valence-corrected chi connectivity index (χ2v) is 7.36. The number of rotatable bonds is 5. The van der Waals surface area contributed by atoms with Gasteiger partial charge in [0.2, 0.25) is 18.3 Å². The van der Waals surface area contributed by atoms with Gasteiger partial charge in [-0.15, -0.1) is 0 Å². The molecule has 31 heavy (non-hydrogen) atoms. The number of benzene rings is 2. The van der Waals surface area contributed by atoms with Crippen LogP contribution in [0.3, 0.4) is 0 Å². The van der Waals surface area contributed by atoms with Crippen molar-refractivity contribution in [1.82, 2.24) is 0 Å². The molecule has 2 aliphatic heterocycles. The number of hydrogen-bond donors (Lipinski definition) is 0. The lowest BCUT2D eigenvalue weighted by Gasteiger charge is -2.29. The molecule has 0 bridgehead atoms. The maximum absolute atomic E-state index is 12.5. The van der Waals surface area contributed by atoms with Gasteiger partial charge in [-0.05, 0) is 34.9 Å². The number of ether oxygens (including phenoxy) is 7. The molecule has 1 aliphatic carbocycles. The molecule has 2 aromatic rings. The van der Waals surface area contributed by atoms with Gasteiger partial charge < -0.3 is 33.2 Å². The third-order valence-electron chi connectivity index (χ3n) is 5.99. The summed E-state index contributed by atoms with van der Waals surface area (Å²) in [4.78, 5) is 12.5. The van der Waals surface area contributed by atoms with Crippen LogP contribution < -0.4 is 28.4 Å². The van der Waals surface area contributed by atoms with Crippen molar-refractivity contribution in [3.8, 4) is 34.5 Å². The second-order valence-electron chi connectivity index (χ2n) is 7.36. The first-order valence-corrected chi connectivity index (χ1v) is 9.79. The average Bonchev–Trinajstić information content (AvgIpc) is 3.41. The Labute approximate surface area is 179 Å². The molecule has 0 amide bonds. The Hall–Kier alpha value is -3.55. The summed E-state index contributed by atoms with van der Waals surface area (Å²) < 4.78 is 39.0. The summed E-state index contributed by atoms with van der Waals surface area (Å²) in [6.07, 6.45) is 0.407. The third kappa shape index (κ3) is 2.78. The number of hydrogen-bond acceptors (Lipinski definition) is 8. The minimum absolute atomic E-state index is 0.124. The Morgan fingerprint density at radius 3 is 2.23 bits per heavy atom. The molecule has 1 atom stereocenters. The standard InChI is InChI=1S/C23H22O8/c1-25-16-5-11(6-17(26-2)21(16)28-4)19-12-8-18-22(31-10-30-18)20(27-3)13(12)7-14-15(19)9-29-23(14)24/h5-6,8,19H,7,9-10H2,1-4H3. The lowest BCUT2D eigenvalue weighted by molar-refractivity contribution is -0.136. The monoisotopic (exact) mass is 426 g/mol. The van der Waals surface area contributed by atoms with Gasteiger partial charge in [0.25, 0.3) is 0 Å². The molecule has 0 aromatic heterocycles. The Bertz CT molecular complexity index is 1090. The van der Waals surface area contributed by atoms with Crippen LogP contribution in [0.2, 0.25) is 0 Å². The molecule has 2 aromatic carbocycles. The number of carbonyl (C=O) groups excluding carboxylic acids is 1. The Morgan fingerprint density at radius 1 is 0.871 bits per heavy atom. The molecule has 2 heterocycles. The first kappa shape index (κ1) is 19.4. The van der Waals surface area contributed by atoms with E-state index in [9.17, 15) is 4.79 Å². The van der Waals surface area contributed by atoms with E-state index in [4.69, 9.17) is 33.2 Å². The third-order valence-corrected chi connectivity index (χ3v) is 5.99. The van der Waals surface area contributed by atoms with Crippen LogP contribution in [-0.2, 0) is 16.0 Å². The number of carbonyl (C=O) groups is 1. The molecule has 0 saturated carbocycles. The fourth-order valence-corrected chi connectivity index (χ4v) is 4.63. The Balaban J connectivity index is 1.78. The van der Waals surface area contributed by atoms with Gasteiger partial charge in [0.1, 0.15) is 6.61 Å². The van der Waals surface area contributed by atoms with Crippen molar-refractivity contribution in [2.75, 3.05) is 41.8 Å². The van der Waals surface area contributed by atoms with Crippen molar-refractivity contribution in [1.29, 1.82) is 0 Å². The second kappa shape index (κ2) is 7.30. The SMILES string of the molecule is COc1cc(C2C3=C(Cc4c2cc2c(c4OC)OCO2)C(=O)OC3)cc(OC)c1OC. The van der Waals surface area contributed by atoms with E-state index in [1.54, 1.807) is 28.4 Å². The minimum atomic E-state index is -0.308. The van der Waals surface area contributed by atoms with Crippen LogP contribution in [0.1, 0.15) is 22.6 Å². The van der Waals surface area contributed by atoms with Gasteiger partial charge in [-0.1, -0.05) is 0 Å². The van der Waals surface area contributed by atoms with E-state index in [0.29, 0.717) is 46.5 Å². The van der Waals surface area contributed by atoms with Crippen LogP contribution in [0.15, 0.2) is 29.3 Å². The maximum atomic E-state index is 12.5. The van der Waals surface area contributed by atoms with Gasteiger partial charge in [-0.3, -0.25) is 0 Å². The zero-order valence-corrected chi connectivity index (χ0v) is 17.7. The van der Waals surface area contributed by atoms with Crippen molar-refractivity contribution in [3.05, 3.63) is 46.0 Å². The molecular weight excluding hydrogens is 404 g/mol. The number of methoxy groups -OCH3 is 4. The predicted octanol–water partition coefficient (Wildman–Crippen LogP) is 2.99. The van der Waals surface area contributed by atoms with E-state index in [2.05, 4.69) is 0 Å². The summed E-state index contributed by atoms with van der Waals surface area (Å²) in [5.41, 5.74) is 4.27. The zero-order chi connectivity index (χ0) is 21.7. The van der Waals surface area contributed by atoms with Gasteiger partial charge in [0.15, 0.2) is 23.0 Å². The van der Waals surface area contributed by atoms with Crippen LogP contribution in [0, 0.1) is 0 Å². The summed E-state index contributed by atoms with van der Waals surface area (Å²) >= 11 is 0. The van der Waals surface area contributed by atoms with Crippen LogP contribution in [0.25, 0.3) is 0 Å². The van der Waals surface area contributed by atoms with Crippen LogP contribution >= 0.6 is 0 Å². The fraction of sp³-hybridized carbons (Fsp3) is 0.348. The first-order valence-electron chi connectivity index (χ1n) is 9.79. The van der Waals surface area contributed by atoms with Gasteiger partial charge >= 0.3 is 5.97 Å². The Kier molecular flexibility index (Phi) is 4.57. The largest absolute Gasteiger partial charge is 0.493 e. The van der Waals surface area contributed by atoms with Crippen molar-refractivity contribution in [2.24, 2.45) is 0 Å². The lowest BCUT2D eigenvalue weighted by atomic mass is 9.75. The van der Waals surface area contributed by atoms with Gasteiger partial charge in [0, 0.05) is 23.5 Å². The van der Waals surface area contributed by atoms with E-state index in [1.807, 2.05) is 18.2 Å². The normalized spacial score (nSPS) is 18.3. The molecule has 8 heteroatoms. The summed E-state index contributed by atoms with van der Waals surface area (Å²) in [5.74, 6) is 2.73. The fourth-order valence-electron chi connectivity index (χ4n) is 4.63. The molecule has 3 aliphatic rings. The highest BCUT2D eigenvalue weighted by Gasteiger charge is 2.41. The summed E-state index contributed by atoms with van der Waals surface area (Å²) in [6.45, 7) is 0.351. The molecule has 0 radical (unpaired) electrons. The van der Waals surface area contributed by atoms with Gasteiger partial charge in [0.05, 0.1) is 28.4 Å². The number of cyclic esters (lactones) is 1. The summed E-state index contributed by atoms with van der Waals surface area (Å²) in [5, 5.41) is 0. The van der Waals surface area contributed by atoms with Crippen molar-refractivity contribution >= 4 is 5.97 Å². The highest BCUT2D eigenvalue weighted by Crippen LogP contribution is 2.54. The van der Waals surface area contributed by atoms with Crippen molar-refractivity contribution < 1.29 is 38.0 Å². The van der Waals surface area contributed by atoms with Crippen LogP contribution in [0.5, 0.6) is 34.5 Å². The van der Waals surface area contributed by atoms with E-state index in [-0.39, 0.29) is 25.3 Å². The van der Waals surface area contributed by atoms with Crippen molar-refractivity contribution in [3.63, 3.8) is 0 Å². The van der Waals surface area contributed by atoms with E-state index < -0.39 is 0 Å². The summed E-state index contributed by atoms with van der Waals surface area (Å²) in [7, 11) is 6.29. The molecule has 0 spiro atoms. The van der Waals surface area contributed by atoms with Crippen LogP contribution in [0.4, 0.5) is 0 Å². The Morgan fingerprint density at radius 2 is 1.58 bits per heavy atom. The number of esters is 1. The van der Waals surface area contributed by atoms with E-state index in [0.717, 1.165) is 22.3 Å². The molecule has 0 fully saturated rings. The molecule has 1 unspecified atom stereocenters. The smallest absolute Gasteiger partial charge is 0.334 e. The predicted molar refractivity (Wildman–Crippen MR) is 109 cm³/mol. The van der Waals surface area contributed by atoms with E-state index >= 15 is 0 Å². The molecule has 8 nitrogen and oxygen atoms in total. The highest BCUT2D eigenvalue weighted by molar-refractivity contribution is 5.94. The average molecular weight is 426 g/mol. The quantitative estimate of drug-likeness (QED) is 0.675. The minimum Gasteiger partial charge on any atom is -0.493 e. The molecule has 5 rings (SSSR count). The lowest BCUT2D eigenvalue weighted by Crippen LogP contribution is -2.18. The molecule has 0 N–H and O–H groups in total. The highest BCUT2D eigenvalue weighted by atomic mass is 16.7. The maximum Gasteiger partial charge on any atom is 0.334 e. The van der Waals surface area contributed by atoms with Gasteiger partial charge in [-0.25, -0.2) is 4.79 Å².